The van der Waals surface area contributed by atoms with Crippen molar-refractivity contribution in [3.63, 3.8) is 0 Å². The number of H-pyrrole nitrogens is 2. The van der Waals surface area contributed by atoms with Crippen LogP contribution in [0.5, 0.6) is 5.88 Å². The number of fused-ring (bicyclic) bond motifs is 2. The Bertz CT molecular complexity index is 1080. The Balaban J connectivity index is 2.12. The lowest BCUT2D eigenvalue weighted by Crippen LogP contribution is -1.83. The normalized spacial score (nSPS) is 11.3. The molecule has 0 fully saturated rings. The minimum absolute atomic E-state index is 0.0406. The first-order chi connectivity index (χ1) is 11.1. The van der Waals surface area contributed by atoms with E-state index in [-0.39, 0.29) is 11.6 Å². The predicted octanol–water partition coefficient (Wildman–Crippen LogP) is 4.76. The number of nitrogens with two attached hydrogens (primary N) is 1. The van der Waals surface area contributed by atoms with E-state index >= 15 is 0 Å². The quantitative estimate of drug-likeness (QED) is 0.301. The van der Waals surface area contributed by atoms with Crippen LogP contribution in [0, 0.1) is 4.91 Å². The third-order valence-electron chi connectivity index (χ3n) is 3.88. The first-order valence-corrected chi connectivity index (χ1v) is 7.63. The fourth-order valence-corrected chi connectivity index (χ4v) is 3.24. The van der Waals surface area contributed by atoms with Gasteiger partial charge in [-0.1, -0.05) is 15.9 Å². The summed E-state index contributed by atoms with van der Waals surface area (Å²) in [5.41, 5.74) is 9.09. The van der Waals surface area contributed by atoms with E-state index in [2.05, 4.69) is 31.1 Å². The van der Waals surface area contributed by atoms with Gasteiger partial charge in [-0.25, -0.2) is 0 Å². The van der Waals surface area contributed by atoms with Crippen LogP contribution in [0.15, 0.2) is 46.0 Å². The van der Waals surface area contributed by atoms with E-state index in [0.717, 1.165) is 20.9 Å². The van der Waals surface area contributed by atoms with Gasteiger partial charge >= 0.3 is 0 Å². The van der Waals surface area contributed by atoms with E-state index in [1.807, 2.05) is 18.2 Å². The molecule has 0 radical (unpaired) electrons. The number of nitrogen functional groups attached to an aromatic ring is 1. The van der Waals surface area contributed by atoms with Crippen LogP contribution in [-0.2, 0) is 0 Å². The van der Waals surface area contributed by atoms with Gasteiger partial charge in [-0.15, -0.1) is 4.91 Å². The van der Waals surface area contributed by atoms with Gasteiger partial charge in [0.05, 0.1) is 11.3 Å². The molecule has 0 aliphatic heterocycles. The van der Waals surface area contributed by atoms with Crippen molar-refractivity contribution in [3.8, 4) is 17.1 Å². The minimum Gasteiger partial charge on any atom is -0.494 e. The molecule has 114 valence electrons. The average molecular weight is 371 g/mol. The highest BCUT2D eigenvalue weighted by Crippen LogP contribution is 2.44. The highest BCUT2D eigenvalue weighted by molar-refractivity contribution is 9.10. The van der Waals surface area contributed by atoms with Gasteiger partial charge in [-0.05, 0) is 41.6 Å². The van der Waals surface area contributed by atoms with Crippen molar-refractivity contribution in [2.45, 2.75) is 0 Å². The number of aromatic nitrogens is 2. The smallest absolute Gasteiger partial charge is 0.199 e. The van der Waals surface area contributed by atoms with Crippen molar-refractivity contribution in [1.29, 1.82) is 0 Å². The van der Waals surface area contributed by atoms with Crippen LogP contribution in [0.2, 0.25) is 0 Å². The Morgan fingerprint density at radius 1 is 1.04 bits per heavy atom. The predicted molar refractivity (Wildman–Crippen MR) is 94.8 cm³/mol. The summed E-state index contributed by atoms with van der Waals surface area (Å²) in [6, 6.07) is 10.8. The van der Waals surface area contributed by atoms with Crippen molar-refractivity contribution in [1.82, 2.24) is 9.97 Å². The fraction of sp³-hybridized carbons (Fsp3) is 0. The molecular formula is C16H11BrN4O2. The molecule has 2 aromatic carbocycles. The molecule has 23 heavy (non-hydrogen) atoms. The number of aromatic amines is 2. The topological polar surface area (TPSA) is 107 Å². The van der Waals surface area contributed by atoms with Crippen molar-refractivity contribution in [3.05, 3.63) is 45.8 Å². The molecule has 0 saturated carbocycles. The molecule has 0 atom stereocenters. The van der Waals surface area contributed by atoms with Crippen LogP contribution in [-0.4, -0.2) is 15.1 Å². The number of nitrogens with one attached hydrogen (secondary N) is 2. The maximum atomic E-state index is 11.4. The SMILES string of the molecule is Nc1ccc2[nH]c(O)c(-c3[nH]c4ccc(Br)cc4c3N=O)c2c1. The van der Waals surface area contributed by atoms with Gasteiger partial charge in [0.2, 0.25) is 0 Å². The Morgan fingerprint density at radius 2 is 1.78 bits per heavy atom. The Hall–Kier alpha value is -2.80. The van der Waals surface area contributed by atoms with Crippen molar-refractivity contribution in [2.75, 3.05) is 5.73 Å². The summed E-state index contributed by atoms with van der Waals surface area (Å²) in [5.74, 6) is -0.0406. The number of halogens is 1. The average Bonchev–Trinajstić information content (AvgIpc) is 3.02. The zero-order valence-electron chi connectivity index (χ0n) is 11.7. The Morgan fingerprint density at radius 3 is 2.57 bits per heavy atom. The maximum Gasteiger partial charge on any atom is 0.199 e. The molecule has 2 heterocycles. The molecule has 0 aliphatic rings. The summed E-state index contributed by atoms with van der Waals surface area (Å²) in [5, 5.41) is 14.9. The second-order valence-corrected chi connectivity index (χ2v) is 6.20. The Labute approximate surface area is 138 Å². The molecule has 6 nitrogen and oxygen atoms in total. The molecule has 0 unspecified atom stereocenters. The lowest BCUT2D eigenvalue weighted by atomic mass is 10.1. The largest absolute Gasteiger partial charge is 0.494 e. The maximum absolute atomic E-state index is 11.4. The summed E-state index contributed by atoms with van der Waals surface area (Å²) in [6.07, 6.45) is 0. The van der Waals surface area contributed by atoms with Crippen LogP contribution in [0.3, 0.4) is 0 Å². The molecular weight excluding hydrogens is 360 g/mol. The first kappa shape index (κ1) is 13.8. The number of anilines is 1. The highest BCUT2D eigenvalue weighted by Gasteiger charge is 2.21. The van der Waals surface area contributed by atoms with E-state index < -0.39 is 0 Å². The van der Waals surface area contributed by atoms with Gasteiger partial charge in [0.15, 0.2) is 5.88 Å². The van der Waals surface area contributed by atoms with Gasteiger partial charge in [0.25, 0.3) is 0 Å². The highest BCUT2D eigenvalue weighted by atomic mass is 79.9. The molecule has 0 saturated heterocycles. The number of hydrogen-bond donors (Lipinski definition) is 4. The molecule has 7 heteroatoms. The number of benzene rings is 2. The molecule has 0 bridgehead atoms. The third-order valence-corrected chi connectivity index (χ3v) is 4.37. The summed E-state index contributed by atoms with van der Waals surface area (Å²) in [7, 11) is 0. The Kier molecular flexibility index (Phi) is 2.92. The minimum atomic E-state index is -0.0406. The summed E-state index contributed by atoms with van der Waals surface area (Å²) in [6.45, 7) is 0. The van der Waals surface area contributed by atoms with E-state index in [0.29, 0.717) is 22.3 Å². The van der Waals surface area contributed by atoms with Gasteiger partial charge in [0, 0.05) is 32.0 Å². The number of rotatable bonds is 2. The standard InChI is InChI=1S/C16H11BrN4O2/c17-7-1-3-12-10(5-7)14(21-23)15(19-12)13-9-6-8(18)2-4-11(9)20-16(13)22/h1-6,19-20,22H,18H2. The van der Waals surface area contributed by atoms with Crippen LogP contribution in [0.4, 0.5) is 11.4 Å². The van der Waals surface area contributed by atoms with Crippen LogP contribution in [0.25, 0.3) is 33.1 Å². The van der Waals surface area contributed by atoms with Gasteiger partial charge in [-0.3, -0.25) is 0 Å². The zero-order chi connectivity index (χ0) is 16.1. The van der Waals surface area contributed by atoms with E-state index in [4.69, 9.17) is 5.73 Å². The first-order valence-electron chi connectivity index (χ1n) is 6.83. The van der Waals surface area contributed by atoms with Crippen molar-refractivity contribution >= 4 is 49.1 Å². The van der Waals surface area contributed by atoms with Crippen molar-refractivity contribution < 1.29 is 5.11 Å². The summed E-state index contributed by atoms with van der Waals surface area (Å²) in [4.78, 5) is 17.5. The molecule has 4 aromatic rings. The summed E-state index contributed by atoms with van der Waals surface area (Å²) < 4.78 is 0.841. The lowest BCUT2D eigenvalue weighted by Gasteiger charge is -1.99. The molecule has 0 amide bonds. The van der Waals surface area contributed by atoms with Crippen LogP contribution in [0.1, 0.15) is 0 Å². The molecule has 0 spiro atoms. The molecule has 5 N–H and O–H groups in total. The number of aromatic hydroxyl groups is 1. The van der Waals surface area contributed by atoms with E-state index in [9.17, 15) is 10.0 Å². The van der Waals surface area contributed by atoms with E-state index in [1.54, 1.807) is 18.2 Å². The number of nitroso groups, excluding NO2 is 1. The van der Waals surface area contributed by atoms with Gasteiger partial charge < -0.3 is 20.8 Å². The van der Waals surface area contributed by atoms with Gasteiger partial charge in [-0.2, -0.15) is 0 Å². The van der Waals surface area contributed by atoms with Crippen molar-refractivity contribution in [2.24, 2.45) is 5.18 Å². The lowest BCUT2D eigenvalue weighted by molar-refractivity contribution is 0.460. The monoisotopic (exact) mass is 370 g/mol. The third kappa shape index (κ3) is 2.01. The molecule has 2 aromatic heterocycles. The van der Waals surface area contributed by atoms with Crippen LogP contribution >= 0.6 is 15.9 Å². The molecule has 0 aliphatic carbocycles. The summed E-state index contributed by atoms with van der Waals surface area (Å²) >= 11 is 3.39. The number of nitrogens with zero attached hydrogens (tertiary/aromatic N) is 1. The number of hydrogen-bond acceptors (Lipinski definition) is 4. The molecule has 4 rings (SSSR count). The van der Waals surface area contributed by atoms with E-state index in [1.165, 1.54) is 0 Å². The zero-order valence-corrected chi connectivity index (χ0v) is 13.3. The second-order valence-electron chi connectivity index (χ2n) is 5.28. The fourth-order valence-electron chi connectivity index (χ4n) is 2.87. The van der Waals surface area contributed by atoms with Gasteiger partial charge in [0.1, 0.15) is 5.69 Å². The van der Waals surface area contributed by atoms with Crippen LogP contribution < -0.4 is 5.73 Å². The second kappa shape index (κ2) is 4.85.